The first-order chi connectivity index (χ1) is 7.66. The minimum absolute atomic E-state index is 0.634. The van der Waals surface area contributed by atoms with E-state index in [0.717, 1.165) is 43.5 Å². The molecule has 3 nitrogen and oxygen atoms in total. The zero-order chi connectivity index (χ0) is 11.5. The Kier molecular flexibility index (Phi) is 3.64. The van der Waals surface area contributed by atoms with Gasteiger partial charge in [-0.25, -0.2) is 9.97 Å². The molecule has 16 heavy (non-hydrogen) atoms. The Balaban J connectivity index is 2.03. The third kappa shape index (κ3) is 2.64. The van der Waals surface area contributed by atoms with Crippen molar-refractivity contribution in [2.75, 3.05) is 11.9 Å². The molecule has 1 N–H and O–H groups in total. The van der Waals surface area contributed by atoms with Crippen LogP contribution in [0.4, 0.5) is 5.95 Å². The Morgan fingerprint density at radius 1 is 1.31 bits per heavy atom. The second-order valence-electron chi connectivity index (χ2n) is 4.73. The third-order valence-electron chi connectivity index (χ3n) is 2.89. The Hall–Kier alpha value is -0.830. The van der Waals surface area contributed by atoms with Gasteiger partial charge in [0.25, 0.3) is 0 Å². The summed E-state index contributed by atoms with van der Waals surface area (Å²) in [6, 6.07) is 0. The monoisotopic (exact) mass is 239 g/mol. The van der Waals surface area contributed by atoms with E-state index in [9.17, 15) is 0 Å². The smallest absolute Gasteiger partial charge is 0.224 e. The van der Waals surface area contributed by atoms with E-state index in [1.165, 1.54) is 0 Å². The normalized spacial score (nSPS) is 14.2. The summed E-state index contributed by atoms with van der Waals surface area (Å²) in [7, 11) is 0. The maximum absolute atomic E-state index is 6.13. The Morgan fingerprint density at radius 3 is 2.88 bits per heavy atom. The van der Waals surface area contributed by atoms with Crippen molar-refractivity contribution in [1.82, 2.24) is 9.97 Å². The van der Waals surface area contributed by atoms with Gasteiger partial charge >= 0.3 is 0 Å². The largest absolute Gasteiger partial charge is 0.354 e. The highest BCUT2D eigenvalue weighted by molar-refractivity contribution is 6.30. The van der Waals surface area contributed by atoms with Crippen molar-refractivity contribution in [3.63, 3.8) is 0 Å². The van der Waals surface area contributed by atoms with Gasteiger partial charge in [0.2, 0.25) is 5.95 Å². The molecule has 0 fully saturated rings. The SMILES string of the molecule is CC(C)CCNc1nc(Cl)c2c(n1)CCC2. The lowest BCUT2D eigenvalue weighted by Crippen LogP contribution is -2.09. The molecular weight excluding hydrogens is 222 g/mol. The lowest BCUT2D eigenvalue weighted by Gasteiger charge is -2.09. The van der Waals surface area contributed by atoms with Gasteiger partial charge in [0, 0.05) is 12.1 Å². The highest BCUT2D eigenvalue weighted by Gasteiger charge is 2.17. The molecule has 0 unspecified atom stereocenters. The summed E-state index contributed by atoms with van der Waals surface area (Å²) in [6.07, 6.45) is 4.34. The number of hydrogen-bond donors (Lipinski definition) is 1. The first kappa shape index (κ1) is 11.6. The number of nitrogens with one attached hydrogen (secondary N) is 1. The maximum Gasteiger partial charge on any atom is 0.224 e. The fourth-order valence-electron chi connectivity index (χ4n) is 1.94. The van der Waals surface area contributed by atoms with Crippen LogP contribution in [-0.4, -0.2) is 16.5 Å². The summed E-state index contributed by atoms with van der Waals surface area (Å²) < 4.78 is 0. The van der Waals surface area contributed by atoms with E-state index in [-0.39, 0.29) is 0 Å². The molecular formula is C12H18ClN3. The van der Waals surface area contributed by atoms with Crippen LogP contribution in [0.15, 0.2) is 0 Å². The second kappa shape index (κ2) is 5.00. The van der Waals surface area contributed by atoms with Crippen LogP contribution in [0.5, 0.6) is 0 Å². The number of anilines is 1. The zero-order valence-corrected chi connectivity index (χ0v) is 10.6. The van der Waals surface area contributed by atoms with E-state index in [1.54, 1.807) is 0 Å². The van der Waals surface area contributed by atoms with E-state index in [0.29, 0.717) is 17.0 Å². The number of halogens is 1. The predicted octanol–water partition coefficient (Wildman–Crippen LogP) is 3.08. The average Bonchev–Trinajstić information content (AvgIpc) is 2.65. The van der Waals surface area contributed by atoms with Crippen LogP contribution >= 0.6 is 11.6 Å². The summed E-state index contributed by atoms with van der Waals surface area (Å²) in [6.45, 7) is 5.32. The number of aryl methyl sites for hydroxylation is 1. The van der Waals surface area contributed by atoms with Crippen LogP contribution < -0.4 is 5.32 Å². The molecule has 1 aliphatic carbocycles. The van der Waals surface area contributed by atoms with Gasteiger partial charge in [0.1, 0.15) is 5.15 Å². The van der Waals surface area contributed by atoms with Crippen LogP contribution in [-0.2, 0) is 12.8 Å². The van der Waals surface area contributed by atoms with Crippen molar-refractivity contribution >= 4 is 17.5 Å². The molecule has 0 bridgehead atoms. The van der Waals surface area contributed by atoms with Gasteiger partial charge < -0.3 is 5.32 Å². The summed E-state index contributed by atoms with van der Waals surface area (Å²) >= 11 is 6.13. The lowest BCUT2D eigenvalue weighted by atomic mass is 10.1. The summed E-state index contributed by atoms with van der Waals surface area (Å²) in [4.78, 5) is 8.79. The van der Waals surface area contributed by atoms with Crippen LogP contribution in [0.1, 0.15) is 37.9 Å². The first-order valence-electron chi connectivity index (χ1n) is 5.96. The summed E-state index contributed by atoms with van der Waals surface area (Å²) in [5.74, 6) is 1.38. The van der Waals surface area contributed by atoms with E-state index >= 15 is 0 Å². The van der Waals surface area contributed by atoms with Gasteiger partial charge in [0.05, 0.1) is 5.69 Å². The average molecular weight is 240 g/mol. The molecule has 2 rings (SSSR count). The Morgan fingerprint density at radius 2 is 2.12 bits per heavy atom. The van der Waals surface area contributed by atoms with Gasteiger partial charge in [-0.15, -0.1) is 0 Å². The molecule has 0 spiro atoms. The van der Waals surface area contributed by atoms with Crippen LogP contribution in [0, 0.1) is 5.92 Å². The number of hydrogen-bond acceptors (Lipinski definition) is 3. The summed E-state index contributed by atoms with van der Waals surface area (Å²) in [5, 5.41) is 3.87. The van der Waals surface area contributed by atoms with Crippen LogP contribution in [0.2, 0.25) is 5.15 Å². The van der Waals surface area contributed by atoms with Crippen molar-refractivity contribution in [3.8, 4) is 0 Å². The van der Waals surface area contributed by atoms with Crippen molar-refractivity contribution in [1.29, 1.82) is 0 Å². The quantitative estimate of drug-likeness (QED) is 0.821. The topological polar surface area (TPSA) is 37.8 Å². The fraction of sp³-hybridized carbons (Fsp3) is 0.667. The number of fused-ring (bicyclic) bond motifs is 1. The molecule has 4 heteroatoms. The molecule has 0 aromatic carbocycles. The zero-order valence-electron chi connectivity index (χ0n) is 9.89. The Bertz CT molecular complexity index is 377. The van der Waals surface area contributed by atoms with Crippen molar-refractivity contribution in [2.45, 2.75) is 39.5 Å². The predicted molar refractivity (Wildman–Crippen MR) is 67.0 cm³/mol. The highest BCUT2D eigenvalue weighted by atomic mass is 35.5. The third-order valence-corrected chi connectivity index (χ3v) is 3.20. The molecule has 0 saturated heterocycles. The molecule has 1 heterocycles. The number of rotatable bonds is 4. The molecule has 1 aromatic rings. The second-order valence-corrected chi connectivity index (χ2v) is 5.08. The molecule has 1 aromatic heterocycles. The standard InChI is InChI=1S/C12H18ClN3/c1-8(2)6-7-14-12-15-10-5-3-4-9(10)11(13)16-12/h8H,3-7H2,1-2H3,(H,14,15,16). The van der Waals surface area contributed by atoms with Crippen LogP contribution in [0.25, 0.3) is 0 Å². The molecule has 0 aliphatic heterocycles. The molecule has 1 aliphatic rings. The van der Waals surface area contributed by atoms with E-state index in [1.807, 2.05) is 0 Å². The lowest BCUT2D eigenvalue weighted by molar-refractivity contribution is 0.605. The number of nitrogens with zero attached hydrogens (tertiary/aromatic N) is 2. The van der Waals surface area contributed by atoms with Crippen molar-refractivity contribution < 1.29 is 0 Å². The van der Waals surface area contributed by atoms with E-state index in [2.05, 4.69) is 29.1 Å². The minimum Gasteiger partial charge on any atom is -0.354 e. The van der Waals surface area contributed by atoms with Crippen molar-refractivity contribution in [2.24, 2.45) is 5.92 Å². The van der Waals surface area contributed by atoms with Crippen molar-refractivity contribution in [3.05, 3.63) is 16.4 Å². The van der Waals surface area contributed by atoms with Gasteiger partial charge in [-0.05, 0) is 31.6 Å². The van der Waals surface area contributed by atoms with E-state index in [4.69, 9.17) is 11.6 Å². The first-order valence-corrected chi connectivity index (χ1v) is 6.33. The molecule has 88 valence electrons. The number of aromatic nitrogens is 2. The van der Waals surface area contributed by atoms with Gasteiger partial charge in [0.15, 0.2) is 0 Å². The van der Waals surface area contributed by atoms with Gasteiger partial charge in [-0.2, -0.15) is 0 Å². The summed E-state index contributed by atoms with van der Waals surface area (Å²) in [5.41, 5.74) is 2.28. The molecule has 0 saturated carbocycles. The molecule has 0 atom stereocenters. The van der Waals surface area contributed by atoms with E-state index < -0.39 is 0 Å². The highest BCUT2D eigenvalue weighted by Crippen LogP contribution is 2.26. The van der Waals surface area contributed by atoms with Gasteiger partial charge in [-0.3, -0.25) is 0 Å². The maximum atomic E-state index is 6.13. The Labute approximate surface area is 102 Å². The fourth-order valence-corrected chi connectivity index (χ4v) is 2.22. The molecule has 0 amide bonds. The van der Waals surface area contributed by atoms with Crippen LogP contribution in [0.3, 0.4) is 0 Å². The minimum atomic E-state index is 0.634. The van der Waals surface area contributed by atoms with Gasteiger partial charge in [-0.1, -0.05) is 25.4 Å². The molecule has 0 radical (unpaired) electrons.